The minimum Gasteiger partial charge on any atom is -0.481 e. The van der Waals surface area contributed by atoms with E-state index in [-0.39, 0.29) is 18.6 Å². The molecule has 1 fully saturated rings. The van der Waals surface area contributed by atoms with Crippen molar-refractivity contribution in [2.45, 2.75) is 45.1 Å². The van der Waals surface area contributed by atoms with Crippen LogP contribution in [0.5, 0.6) is 0 Å². The van der Waals surface area contributed by atoms with E-state index in [4.69, 9.17) is 9.84 Å². The molecule has 0 saturated heterocycles. The number of hydrogen-bond acceptors (Lipinski definition) is 3. The lowest BCUT2D eigenvalue weighted by atomic mass is 9.69. The summed E-state index contributed by atoms with van der Waals surface area (Å²) >= 11 is 0. The van der Waals surface area contributed by atoms with Crippen molar-refractivity contribution in [2.24, 2.45) is 5.41 Å². The van der Waals surface area contributed by atoms with Crippen LogP contribution in [0.25, 0.3) is 0 Å². The second-order valence-electron chi connectivity index (χ2n) is 4.80. The van der Waals surface area contributed by atoms with Gasteiger partial charge in [0.2, 0.25) is 5.91 Å². The summed E-state index contributed by atoms with van der Waals surface area (Å²) in [5.74, 6) is -0.893. The first-order valence-electron chi connectivity index (χ1n) is 6.03. The quantitative estimate of drug-likeness (QED) is 0.704. The highest BCUT2D eigenvalue weighted by atomic mass is 16.5. The number of carboxylic acid groups (broad SMARTS) is 1. The molecule has 5 nitrogen and oxygen atoms in total. The Morgan fingerprint density at radius 1 is 1.47 bits per heavy atom. The maximum atomic E-state index is 11.5. The van der Waals surface area contributed by atoms with Crippen LogP contribution in [0.1, 0.15) is 39.0 Å². The molecular formula is C12H21NO4. The van der Waals surface area contributed by atoms with Gasteiger partial charge in [-0.1, -0.05) is 6.42 Å². The zero-order chi connectivity index (χ0) is 12.9. The topological polar surface area (TPSA) is 75.6 Å². The molecule has 0 aromatic rings. The van der Waals surface area contributed by atoms with Crippen molar-refractivity contribution in [2.75, 3.05) is 13.7 Å². The molecular weight excluding hydrogens is 222 g/mol. The van der Waals surface area contributed by atoms with Gasteiger partial charge in [-0.05, 0) is 26.2 Å². The molecule has 1 atom stereocenters. The van der Waals surface area contributed by atoms with Gasteiger partial charge in [-0.2, -0.15) is 0 Å². The van der Waals surface area contributed by atoms with Crippen molar-refractivity contribution in [3.63, 3.8) is 0 Å². The fraction of sp³-hybridized carbons (Fsp3) is 0.833. The summed E-state index contributed by atoms with van der Waals surface area (Å²) < 4.78 is 5.04. The van der Waals surface area contributed by atoms with Crippen molar-refractivity contribution < 1.29 is 19.4 Å². The second kappa shape index (κ2) is 6.00. The van der Waals surface area contributed by atoms with Crippen molar-refractivity contribution in [1.29, 1.82) is 0 Å². The van der Waals surface area contributed by atoms with Crippen molar-refractivity contribution in [3.8, 4) is 0 Å². The number of amides is 1. The summed E-state index contributed by atoms with van der Waals surface area (Å²) in [5.41, 5.74) is -0.706. The van der Waals surface area contributed by atoms with E-state index < -0.39 is 11.4 Å². The zero-order valence-electron chi connectivity index (χ0n) is 10.5. The van der Waals surface area contributed by atoms with Crippen molar-refractivity contribution >= 4 is 11.9 Å². The predicted octanol–water partition coefficient (Wildman–Crippen LogP) is 1.17. The number of carbonyl (C=O) groups is 2. The van der Waals surface area contributed by atoms with Gasteiger partial charge in [-0.25, -0.2) is 0 Å². The number of carboxylic acids is 1. The maximum absolute atomic E-state index is 11.5. The van der Waals surface area contributed by atoms with Gasteiger partial charge in [0.1, 0.15) is 0 Å². The summed E-state index contributed by atoms with van der Waals surface area (Å²) in [7, 11) is 1.61. The molecule has 1 amide bonds. The van der Waals surface area contributed by atoms with Gasteiger partial charge in [0.05, 0.1) is 11.5 Å². The molecule has 1 aliphatic rings. The third-order valence-corrected chi connectivity index (χ3v) is 3.57. The van der Waals surface area contributed by atoms with E-state index in [1.54, 1.807) is 7.11 Å². The molecule has 0 radical (unpaired) electrons. The average Bonchev–Trinajstić information content (AvgIpc) is 2.23. The molecule has 0 spiro atoms. The van der Waals surface area contributed by atoms with Crippen molar-refractivity contribution in [1.82, 2.24) is 5.32 Å². The maximum Gasteiger partial charge on any atom is 0.311 e. The molecule has 0 aromatic carbocycles. The lowest BCUT2D eigenvalue weighted by molar-refractivity contribution is -0.154. The van der Waals surface area contributed by atoms with Crippen LogP contribution < -0.4 is 5.32 Å². The van der Waals surface area contributed by atoms with Crippen LogP contribution in [0, 0.1) is 5.41 Å². The van der Waals surface area contributed by atoms with E-state index in [0.717, 1.165) is 6.42 Å². The molecule has 98 valence electrons. The molecule has 1 rings (SSSR count). The summed E-state index contributed by atoms with van der Waals surface area (Å²) in [6.45, 7) is 2.15. The fourth-order valence-corrected chi connectivity index (χ4v) is 1.88. The smallest absolute Gasteiger partial charge is 0.311 e. The molecule has 0 aliphatic heterocycles. The lowest BCUT2D eigenvalue weighted by Crippen LogP contribution is -2.47. The van der Waals surface area contributed by atoms with E-state index in [2.05, 4.69) is 5.32 Å². The van der Waals surface area contributed by atoms with E-state index in [1.165, 1.54) is 0 Å². The highest BCUT2D eigenvalue weighted by molar-refractivity contribution is 5.79. The number of rotatable bonds is 7. The summed E-state index contributed by atoms with van der Waals surface area (Å²) in [6.07, 6.45) is 3.35. The zero-order valence-corrected chi connectivity index (χ0v) is 10.5. The third kappa shape index (κ3) is 3.70. The normalized spacial score (nSPS) is 19.2. The highest BCUT2D eigenvalue weighted by Gasteiger charge is 2.44. The third-order valence-electron chi connectivity index (χ3n) is 3.57. The Kier molecular flexibility index (Phi) is 4.93. The van der Waals surface area contributed by atoms with Gasteiger partial charge in [0, 0.05) is 20.1 Å². The first-order valence-corrected chi connectivity index (χ1v) is 6.03. The minimum atomic E-state index is -0.797. The molecule has 1 aliphatic carbocycles. The minimum absolute atomic E-state index is 0.0536. The number of carbonyl (C=O) groups excluding carboxylic acids is 1. The standard InChI is InChI=1S/C12H21NO4/c1-9(17-2)4-5-10(14)13-8-12(11(15)16)6-3-7-12/h9H,3-8H2,1-2H3,(H,13,14)(H,15,16). The van der Waals surface area contributed by atoms with Crippen LogP contribution in [0.2, 0.25) is 0 Å². The Morgan fingerprint density at radius 2 is 2.12 bits per heavy atom. The van der Waals surface area contributed by atoms with Crippen LogP contribution in [0.3, 0.4) is 0 Å². The Labute approximate surface area is 102 Å². The molecule has 0 bridgehead atoms. The summed E-state index contributed by atoms with van der Waals surface area (Å²) in [6, 6.07) is 0. The van der Waals surface area contributed by atoms with E-state index >= 15 is 0 Å². The van der Waals surface area contributed by atoms with Gasteiger partial charge >= 0.3 is 5.97 Å². The second-order valence-corrected chi connectivity index (χ2v) is 4.80. The summed E-state index contributed by atoms with van der Waals surface area (Å²) in [4.78, 5) is 22.6. The number of hydrogen-bond donors (Lipinski definition) is 2. The Bertz CT molecular complexity index is 286. The van der Waals surface area contributed by atoms with E-state index in [1.807, 2.05) is 6.92 Å². The average molecular weight is 243 g/mol. The molecule has 0 aromatic heterocycles. The van der Waals surface area contributed by atoms with Crippen LogP contribution in [0.4, 0.5) is 0 Å². The number of aliphatic carboxylic acids is 1. The molecule has 1 unspecified atom stereocenters. The molecule has 0 heterocycles. The van der Waals surface area contributed by atoms with Gasteiger partial charge in [-0.15, -0.1) is 0 Å². The van der Waals surface area contributed by atoms with Crippen LogP contribution in [-0.2, 0) is 14.3 Å². The highest BCUT2D eigenvalue weighted by Crippen LogP contribution is 2.40. The van der Waals surface area contributed by atoms with Gasteiger partial charge < -0.3 is 15.2 Å². The van der Waals surface area contributed by atoms with Gasteiger partial charge in [0.15, 0.2) is 0 Å². The number of nitrogens with one attached hydrogen (secondary N) is 1. The largest absolute Gasteiger partial charge is 0.481 e. The predicted molar refractivity (Wildman–Crippen MR) is 62.6 cm³/mol. The fourth-order valence-electron chi connectivity index (χ4n) is 1.88. The van der Waals surface area contributed by atoms with Gasteiger partial charge in [0.25, 0.3) is 0 Å². The molecule has 2 N–H and O–H groups in total. The lowest BCUT2D eigenvalue weighted by Gasteiger charge is -2.37. The first-order chi connectivity index (χ1) is 8.00. The van der Waals surface area contributed by atoms with E-state index in [0.29, 0.717) is 25.7 Å². The van der Waals surface area contributed by atoms with Crippen LogP contribution in [-0.4, -0.2) is 36.7 Å². The van der Waals surface area contributed by atoms with Crippen molar-refractivity contribution in [3.05, 3.63) is 0 Å². The molecule has 1 saturated carbocycles. The first kappa shape index (κ1) is 14.0. The Morgan fingerprint density at radius 3 is 2.53 bits per heavy atom. The van der Waals surface area contributed by atoms with Gasteiger partial charge in [-0.3, -0.25) is 9.59 Å². The Balaban J connectivity index is 2.25. The molecule has 17 heavy (non-hydrogen) atoms. The Hall–Kier alpha value is -1.10. The molecule has 5 heteroatoms. The van der Waals surface area contributed by atoms with E-state index in [9.17, 15) is 9.59 Å². The van der Waals surface area contributed by atoms with Crippen LogP contribution >= 0.6 is 0 Å². The number of methoxy groups -OCH3 is 1. The monoisotopic (exact) mass is 243 g/mol. The number of ether oxygens (including phenoxy) is 1. The SMILES string of the molecule is COC(C)CCC(=O)NCC1(C(=O)O)CCC1. The van der Waals surface area contributed by atoms with Crippen LogP contribution in [0.15, 0.2) is 0 Å². The summed E-state index contributed by atoms with van der Waals surface area (Å²) in [5, 5.41) is 11.8.